The lowest BCUT2D eigenvalue weighted by Crippen LogP contribution is -2.51. The fraction of sp³-hybridized carbons (Fsp3) is 0.310. The number of likely N-dealkylation sites (N-methyl/N-ethyl adjacent to an activating group) is 1. The summed E-state index contributed by atoms with van der Waals surface area (Å²) in [4.78, 5) is 28.2. The van der Waals surface area contributed by atoms with E-state index in [0.717, 1.165) is 21.0 Å². The first-order chi connectivity index (χ1) is 17.9. The molecule has 202 valence electrons. The van der Waals surface area contributed by atoms with Crippen LogP contribution in [0.25, 0.3) is 0 Å². The fourth-order valence-corrected chi connectivity index (χ4v) is 5.83. The van der Waals surface area contributed by atoms with Gasteiger partial charge in [0.15, 0.2) is 0 Å². The Bertz CT molecular complexity index is 1410. The second kappa shape index (κ2) is 12.5. The Kier molecular flexibility index (Phi) is 9.57. The molecule has 0 radical (unpaired) electrons. The minimum atomic E-state index is -4.13. The quantitative estimate of drug-likeness (QED) is 0.381. The van der Waals surface area contributed by atoms with Gasteiger partial charge in [-0.05, 0) is 81.6 Å². The van der Waals surface area contributed by atoms with Crippen molar-refractivity contribution in [2.24, 2.45) is 0 Å². The number of halogens is 1. The van der Waals surface area contributed by atoms with Crippen LogP contribution in [0, 0.1) is 20.8 Å². The first kappa shape index (κ1) is 29.2. The van der Waals surface area contributed by atoms with Crippen LogP contribution in [0.4, 0.5) is 5.69 Å². The maximum atomic E-state index is 13.9. The van der Waals surface area contributed by atoms with E-state index in [1.807, 2.05) is 38.1 Å². The van der Waals surface area contributed by atoms with Gasteiger partial charge in [0.2, 0.25) is 11.8 Å². The van der Waals surface area contributed by atoms with Gasteiger partial charge in [-0.1, -0.05) is 53.6 Å². The highest BCUT2D eigenvalue weighted by molar-refractivity contribution is 7.92. The highest BCUT2D eigenvalue weighted by Crippen LogP contribution is 2.29. The summed E-state index contributed by atoms with van der Waals surface area (Å²) in [6.07, 6.45) is 0. The Labute approximate surface area is 230 Å². The molecule has 1 N–H and O–H groups in total. The van der Waals surface area contributed by atoms with Crippen molar-refractivity contribution in [1.29, 1.82) is 0 Å². The van der Waals surface area contributed by atoms with E-state index in [1.54, 1.807) is 51.1 Å². The Balaban J connectivity index is 2.08. The lowest BCUT2D eigenvalue weighted by atomic mass is 10.1. The number of nitrogens with zero attached hydrogens (tertiary/aromatic N) is 2. The van der Waals surface area contributed by atoms with Crippen LogP contribution in [0.5, 0.6) is 0 Å². The molecule has 7 nitrogen and oxygen atoms in total. The number of hydrogen-bond donors (Lipinski definition) is 1. The van der Waals surface area contributed by atoms with Crippen molar-refractivity contribution < 1.29 is 18.0 Å². The van der Waals surface area contributed by atoms with Crippen molar-refractivity contribution >= 4 is 39.1 Å². The topological polar surface area (TPSA) is 86.8 Å². The molecule has 3 rings (SSSR count). The van der Waals surface area contributed by atoms with Crippen molar-refractivity contribution in [2.45, 2.75) is 52.1 Å². The summed E-state index contributed by atoms with van der Waals surface area (Å²) in [7, 11) is -4.13. The molecule has 9 heteroatoms. The first-order valence-electron chi connectivity index (χ1n) is 12.4. The molecule has 0 bridgehead atoms. The zero-order chi connectivity index (χ0) is 28.0. The Hall–Kier alpha value is -3.36. The van der Waals surface area contributed by atoms with Crippen LogP contribution < -0.4 is 9.62 Å². The first-order valence-corrected chi connectivity index (χ1v) is 14.2. The average molecular weight is 556 g/mol. The number of carbonyl (C=O) groups is 2. The van der Waals surface area contributed by atoms with Crippen LogP contribution in [0.2, 0.25) is 5.02 Å². The second-order valence-electron chi connectivity index (χ2n) is 9.27. The highest BCUT2D eigenvalue weighted by atomic mass is 35.5. The molecule has 1 atom stereocenters. The third-order valence-electron chi connectivity index (χ3n) is 6.44. The normalized spacial score (nSPS) is 12.1. The number of anilines is 1. The van der Waals surface area contributed by atoms with Crippen molar-refractivity contribution in [3.63, 3.8) is 0 Å². The van der Waals surface area contributed by atoms with Gasteiger partial charge in [-0.15, -0.1) is 0 Å². The molecule has 0 saturated heterocycles. The van der Waals surface area contributed by atoms with Gasteiger partial charge in [-0.25, -0.2) is 8.42 Å². The van der Waals surface area contributed by atoms with Gasteiger partial charge in [0, 0.05) is 18.1 Å². The molecule has 0 spiro atoms. The largest absolute Gasteiger partial charge is 0.355 e. The number of hydrogen-bond acceptors (Lipinski definition) is 4. The van der Waals surface area contributed by atoms with Crippen LogP contribution in [0.15, 0.2) is 71.6 Å². The van der Waals surface area contributed by atoms with Crippen LogP contribution in [0.1, 0.15) is 36.1 Å². The van der Waals surface area contributed by atoms with Gasteiger partial charge >= 0.3 is 0 Å². The summed E-state index contributed by atoms with van der Waals surface area (Å²) < 4.78 is 28.9. The standard InChI is InChI=1S/C29H34ClN3O4S/c1-6-31-29(35)23(5)32(18-24-10-8-7-9-21(24)3)28(34)19-33(27-16-13-25(30)17-22(27)4)38(36,37)26-14-11-20(2)12-15-26/h7-17,23H,6,18-19H2,1-5H3,(H,31,35)/t23-/m1/s1. The zero-order valence-electron chi connectivity index (χ0n) is 22.4. The van der Waals surface area contributed by atoms with Crippen molar-refractivity contribution in [3.05, 3.63) is 94.0 Å². The number of amides is 2. The van der Waals surface area contributed by atoms with E-state index in [2.05, 4.69) is 5.32 Å². The van der Waals surface area contributed by atoms with Crippen LogP contribution in [-0.2, 0) is 26.2 Å². The third-order valence-corrected chi connectivity index (χ3v) is 8.44. The number of benzene rings is 3. The van der Waals surface area contributed by atoms with E-state index in [-0.39, 0.29) is 17.3 Å². The van der Waals surface area contributed by atoms with E-state index in [0.29, 0.717) is 22.8 Å². The fourth-order valence-electron chi connectivity index (χ4n) is 4.13. The van der Waals surface area contributed by atoms with Crippen LogP contribution in [-0.4, -0.2) is 44.3 Å². The molecule has 38 heavy (non-hydrogen) atoms. The molecule has 0 fully saturated rings. The van der Waals surface area contributed by atoms with Crippen LogP contribution >= 0.6 is 11.6 Å². The highest BCUT2D eigenvalue weighted by Gasteiger charge is 2.33. The van der Waals surface area contributed by atoms with Crippen LogP contribution in [0.3, 0.4) is 0 Å². The van der Waals surface area contributed by atoms with Gasteiger partial charge in [0.1, 0.15) is 12.6 Å². The minimum absolute atomic E-state index is 0.0625. The monoisotopic (exact) mass is 555 g/mol. The predicted molar refractivity (Wildman–Crippen MR) is 152 cm³/mol. The third kappa shape index (κ3) is 6.74. The predicted octanol–water partition coefficient (Wildman–Crippen LogP) is 5.01. The van der Waals surface area contributed by atoms with Gasteiger partial charge < -0.3 is 10.2 Å². The molecule has 0 unspecified atom stereocenters. The lowest BCUT2D eigenvalue weighted by Gasteiger charge is -2.32. The van der Waals surface area contributed by atoms with Gasteiger partial charge in [-0.3, -0.25) is 13.9 Å². The molecule has 3 aromatic carbocycles. The molecule has 0 aliphatic heterocycles. The Morgan fingerprint density at radius 2 is 1.61 bits per heavy atom. The molecule has 0 heterocycles. The molecule has 0 aliphatic rings. The van der Waals surface area contributed by atoms with E-state index in [9.17, 15) is 18.0 Å². The minimum Gasteiger partial charge on any atom is -0.355 e. The molecule has 0 aromatic heterocycles. The number of aryl methyl sites for hydroxylation is 3. The maximum absolute atomic E-state index is 13.9. The van der Waals surface area contributed by atoms with E-state index < -0.39 is 28.5 Å². The number of carbonyl (C=O) groups excluding carboxylic acids is 2. The smallest absolute Gasteiger partial charge is 0.264 e. The summed E-state index contributed by atoms with van der Waals surface area (Å²) in [6, 6.07) is 18.1. The summed E-state index contributed by atoms with van der Waals surface area (Å²) in [5, 5.41) is 3.22. The number of nitrogens with one attached hydrogen (secondary N) is 1. The second-order valence-corrected chi connectivity index (χ2v) is 11.6. The molecule has 2 amide bonds. The number of rotatable bonds is 10. The summed E-state index contributed by atoms with van der Waals surface area (Å²) in [5.74, 6) is -0.818. The number of sulfonamides is 1. The van der Waals surface area contributed by atoms with Gasteiger partial charge in [-0.2, -0.15) is 0 Å². The Morgan fingerprint density at radius 1 is 0.947 bits per heavy atom. The van der Waals surface area contributed by atoms with Crippen molar-refractivity contribution in [2.75, 3.05) is 17.4 Å². The molecule has 0 aliphatic carbocycles. The molecular weight excluding hydrogens is 522 g/mol. The molecular formula is C29H34ClN3O4S. The van der Waals surface area contributed by atoms with E-state index in [4.69, 9.17) is 11.6 Å². The maximum Gasteiger partial charge on any atom is 0.264 e. The molecule has 0 saturated carbocycles. The summed E-state index contributed by atoms with van der Waals surface area (Å²) >= 11 is 6.15. The van der Waals surface area contributed by atoms with Crippen molar-refractivity contribution in [3.8, 4) is 0 Å². The van der Waals surface area contributed by atoms with Gasteiger partial charge in [0.25, 0.3) is 10.0 Å². The summed E-state index contributed by atoms with van der Waals surface area (Å²) in [5.41, 5.74) is 3.68. The Morgan fingerprint density at radius 3 is 2.21 bits per heavy atom. The SMILES string of the molecule is CCNC(=O)[C@@H](C)N(Cc1ccccc1C)C(=O)CN(c1ccc(Cl)cc1C)S(=O)(=O)c1ccc(C)cc1. The van der Waals surface area contributed by atoms with Gasteiger partial charge in [0.05, 0.1) is 10.6 Å². The summed E-state index contributed by atoms with van der Waals surface area (Å²) in [6.45, 7) is 9.06. The van der Waals surface area contributed by atoms with Crippen molar-refractivity contribution in [1.82, 2.24) is 10.2 Å². The average Bonchev–Trinajstić information content (AvgIpc) is 2.87. The zero-order valence-corrected chi connectivity index (χ0v) is 23.9. The molecule has 3 aromatic rings. The lowest BCUT2D eigenvalue weighted by molar-refractivity contribution is -0.139. The van der Waals surface area contributed by atoms with E-state index in [1.165, 1.54) is 17.0 Å². The van der Waals surface area contributed by atoms with E-state index >= 15 is 0 Å².